The van der Waals surface area contributed by atoms with E-state index >= 15 is 0 Å². The van der Waals surface area contributed by atoms with Crippen LogP contribution in [0.15, 0.2) is 0 Å². The summed E-state index contributed by atoms with van der Waals surface area (Å²) in [5, 5.41) is 11.9. The number of carboxylic acids is 1. The molecule has 1 saturated heterocycles. The van der Waals surface area contributed by atoms with Crippen LogP contribution < -0.4 is 5.32 Å². The molecule has 6 nitrogen and oxygen atoms in total. The summed E-state index contributed by atoms with van der Waals surface area (Å²) in [5.41, 5.74) is 0. The predicted octanol–water partition coefficient (Wildman–Crippen LogP) is 0.975. The van der Waals surface area contributed by atoms with Crippen LogP contribution in [0, 0.1) is 5.92 Å². The number of carboxylic acid groups (broad SMARTS) is 1. The van der Waals surface area contributed by atoms with Crippen molar-refractivity contribution >= 4 is 12.0 Å². The maximum absolute atomic E-state index is 12.2. The topological polar surface area (TPSA) is 72.9 Å². The number of rotatable bonds is 5. The first-order valence-corrected chi connectivity index (χ1v) is 7.55. The molecule has 0 radical (unpaired) electrons. The van der Waals surface area contributed by atoms with Crippen molar-refractivity contribution < 1.29 is 14.7 Å². The van der Waals surface area contributed by atoms with Crippen LogP contribution in [0.4, 0.5) is 4.79 Å². The van der Waals surface area contributed by atoms with Crippen molar-refractivity contribution in [1.82, 2.24) is 15.1 Å². The number of urea groups is 1. The van der Waals surface area contributed by atoms with E-state index in [9.17, 15) is 14.7 Å². The molecule has 1 aliphatic heterocycles. The van der Waals surface area contributed by atoms with E-state index in [0.717, 1.165) is 25.6 Å². The van der Waals surface area contributed by atoms with E-state index in [4.69, 9.17) is 0 Å². The number of hydrogen-bond donors (Lipinski definition) is 2. The number of hydrogen-bond acceptors (Lipinski definition) is 3. The smallest absolute Gasteiger partial charge is 0.326 e. The monoisotopic (exact) mass is 283 g/mol. The van der Waals surface area contributed by atoms with Crippen molar-refractivity contribution in [3.05, 3.63) is 0 Å². The lowest BCUT2D eigenvalue weighted by molar-refractivity contribution is -0.140. The number of piperazine rings is 1. The zero-order chi connectivity index (χ0) is 14.7. The Labute approximate surface area is 120 Å². The second-order valence-electron chi connectivity index (χ2n) is 5.91. The summed E-state index contributed by atoms with van der Waals surface area (Å²) < 4.78 is 0. The van der Waals surface area contributed by atoms with Gasteiger partial charge < -0.3 is 15.3 Å². The molecule has 0 unspecified atom stereocenters. The quantitative estimate of drug-likeness (QED) is 0.789. The Morgan fingerprint density at radius 3 is 2.30 bits per heavy atom. The fourth-order valence-electron chi connectivity index (χ4n) is 2.64. The fraction of sp³-hybridized carbons (Fsp3) is 0.857. The Hall–Kier alpha value is -1.30. The van der Waals surface area contributed by atoms with Crippen LogP contribution >= 0.6 is 0 Å². The summed E-state index contributed by atoms with van der Waals surface area (Å²) in [7, 11) is 0. The molecule has 0 aromatic carbocycles. The Morgan fingerprint density at radius 1 is 1.25 bits per heavy atom. The summed E-state index contributed by atoms with van der Waals surface area (Å²) in [6.45, 7) is 6.97. The lowest BCUT2D eigenvalue weighted by Crippen LogP contribution is -2.56. The number of amides is 2. The molecule has 2 atom stereocenters. The van der Waals surface area contributed by atoms with Crippen LogP contribution in [-0.4, -0.2) is 65.2 Å². The average molecular weight is 283 g/mol. The third-order valence-corrected chi connectivity index (χ3v) is 4.42. The average Bonchev–Trinajstić information content (AvgIpc) is 3.28. The third-order valence-electron chi connectivity index (χ3n) is 4.42. The Kier molecular flexibility index (Phi) is 4.86. The van der Waals surface area contributed by atoms with Crippen molar-refractivity contribution in [3.8, 4) is 0 Å². The highest BCUT2D eigenvalue weighted by atomic mass is 16.4. The molecule has 0 spiro atoms. The summed E-state index contributed by atoms with van der Waals surface area (Å²) in [4.78, 5) is 27.5. The van der Waals surface area contributed by atoms with Gasteiger partial charge in [-0.3, -0.25) is 4.90 Å². The first-order chi connectivity index (χ1) is 9.52. The molecule has 1 aliphatic carbocycles. The van der Waals surface area contributed by atoms with E-state index in [1.807, 2.05) is 13.8 Å². The van der Waals surface area contributed by atoms with Gasteiger partial charge in [0, 0.05) is 32.2 Å². The molecule has 1 saturated carbocycles. The highest BCUT2D eigenvalue weighted by Crippen LogP contribution is 2.27. The number of carbonyl (C=O) groups is 2. The molecule has 2 fully saturated rings. The second kappa shape index (κ2) is 6.43. The number of carbonyl (C=O) groups excluding carboxylic acids is 1. The molecule has 2 amide bonds. The summed E-state index contributed by atoms with van der Waals surface area (Å²) in [5.74, 6) is -1.02. The van der Waals surface area contributed by atoms with Gasteiger partial charge in [0.25, 0.3) is 0 Å². The van der Waals surface area contributed by atoms with Gasteiger partial charge >= 0.3 is 12.0 Å². The lowest BCUT2D eigenvalue weighted by Gasteiger charge is -2.35. The summed E-state index contributed by atoms with van der Waals surface area (Å²) in [6, 6.07) is -0.311. The van der Waals surface area contributed by atoms with Crippen molar-refractivity contribution in [3.63, 3.8) is 0 Å². The van der Waals surface area contributed by atoms with Crippen LogP contribution in [0.5, 0.6) is 0 Å². The van der Waals surface area contributed by atoms with E-state index in [1.54, 1.807) is 4.90 Å². The van der Waals surface area contributed by atoms with Crippen LogP contribution in [0.1, 0.15) is 33.1 Å². The Balaban J connectivity index is 1.82. The molecule has 20 heavy (non-hydrogen) atoms. The first kappa shape index (κ1) is 15.1. The molecule has 0 aromatic heterocycles. The van der Waals surface area contributed by atoms with E-state index in [-0.39, 0.29) is 11.9 Å². The minimum atomic E-state index is -0.954. The molecule has 2 rings (SSSR count). The summed E-state index contributed by atoms with van der Waals surface area (Å²) >= 11 is 0. The van der Waals surface area contributed by atoms with Gasteiger partial charge in [-0.15, -0.1) is 0 Å². The minimum Gasteiger partial charge on any atom is -0.480 e. The van der Waals surface area contributed by atoms with Gasteiger partial charge in [-0.05, 0) is 18.8 Å². The zero-order valence-electron chi connectivity index (χ0n) is 12.3. The third kappa shape index (κ3) is 3.62. The van der Waals surface area contributed by atoms with E-state index in [1.165, 1.54) is 12.8 Å². The molecule has 2 aliphatic rings. The van der Waals surface area contributed by atoms with Crippen LogP contribution in [0.25, 0.3) is 0 Å². The SMILES string of the molecule is CC[C@H](C)[C@H](NC(=O)N1CCN(C2CC2)CC1)C(=O)O. The van der Waals surface area contributed by atoms with Crippen molar-refractivity contribution in [1.29, 1.82) is 0 Å². The van der Waals surface area contributed by atoms with E-state index < -0.39 is 12.0 Å². The maximum atomic E-state index is 12.2. The molecular formula is C14H25N3O3. The Bertz CT molecular complexity index is 363. The van der Waals surface area contributed by atoms with Crippen LogP contribution in [0.2, 0.25) is 0 Å². The molecule has 0 aromatic rings. The molecule has 0 bridgehead atoms. The predicted molar refractivity (Wildman–Crippen MR) is 75.6 cm³/mol. The molecular weight excluding hydrogens is 258 g/mol. The van der Waals surface area contributed by atoms with Gasteiger partial charge in [-0.25, -0.2) is 9.59 Å². The second-order valence-corrected chi connectivity index (χ2v) is 5.91. The highest BCUT2D eigenvalue weighted by molar-refractivity contribution is 5.82. The van der Waals surface area contributed by atoms with Gasteiger partial charge in [0.05, 0.1) is 0 Å². The Morgan fingerprint density at radius 2 is 1.85 bits per heavy atom. The number of nitrogens with zero attached hydrogens (tertiary/aromatic N) is 2. The van der Waals surface area contributed by atoms with Crippen molar-refractivity contribution in [2.45, 2.75) is 45.2 Å². The fourth-order valence-corrected chi connectivity index (χ4v) is 2.64. The van der Waals surface area contributed by atoms with Gasteiger partial charge in [0.2, 0.25) is 0 Å². The number of nitrogens with one attached hydrogen (secondary N) is 1. The first-order valence-electron chi connectivity index (χ1n) is 7.55. The van der Waals surface area contributed by atoms with Crippen LogP contribution in [-0.2, 0) is 4.79 Å². The van der Waals surface area contributed by atoms with Gasteiger partial charge in [0.1, 0.15) is 6.04 Å². The van der Waals surface area contributed by atoms with Gasteiger partial charge in [-0.1, -0.05) is 20.3 Å². The molecule has 2 N–H and O–H groups in total. The molecule has 6 heteroatoms. The normalized spacial score (nSPS) is 23.2. The summed E-state index contributed by atoms with van der Waals surface area (Å²) in [6.07, 6.45) is 3.29. The van der Waals surface area contributed by atoms with Gasteiger partial charge in [-0.2, -0.15) is 0 Å². The maximum Gasteiger partial charge on any atom is 0.326 e. The zero-order valence-corrected chi connectivity index (χ0v) is 12.3. The van der Waals surface area contributed by atoms with Crippen molar-refractivity contribution in [2.75, 3.05) is 26.2 Å². The largest absolute Gasteiger partial charge is 0.480 e. The van der Waals surface area contributed by atoms with Crippen molar-refractivity contribution in [2.24, 2.45) is 5.92 Å². The van der Waals surface area contributed by atoms with E-state index in [2.05, 4.69) is 10.2 Å². The minimum absolute atomic E-state index is 0.0656. The highest BCUT2D eigenvalue weighted by Gasteiger charge is 2.33. The van der Waals surface area contributed by atoms with Crippen LogP contribution in [0.3, 0.4) is 0 Å². The van der Waals surface area contributed by atoms with E-state index in [0.29, 0.717) is 13.1 Å². The number of aliphatic carboxylic acids is 1. The standard InChI is InChI=1S/C14H25N3O3/c1-3-10(2)12(13(18)19)15-14(20)17-8-6-16(7-9-17)11-4-5-11/h10-12H,3-9H2,1-2H3,(H,15,20)(H,18,19)/t10-,12-/m0/s1. The lowest BCUT2D eigenvalue weighted by atomic mass is 9.99. The molecule has 1 heterocycles. The molecule has 114 valence electrons. The van der Waals surface area contributed by atoms with Gasteiger partial charge in [0.15, 0.2) is 0 Å².